The van der Waals surface area contributed by atoms with Crippen molar-refractivity contribution in [2.75, 3.05) is 37.6 Å². The SMILES string of the molecule is CC(C)c1cc(N2CCN(CCn3nc(-c4ccncc4)ccc3=O)CC2)n2ncnc2n1. The zero-order chi connectivity index (χ0) is 22.8. The molecule has 5 heterocycles. The van der Waals surface area contributed by atoms with Gasteiger partial charge in [0.15, 0.2) is 0 Å². The summed E-state index contributed by atoms with van der Waals surface area (Å²) < 4.78 is 3.37. The van der Waals surface area contributed by atoms with E-state index in [2.05, 4.69) is 54.9 Å². The van der Waals surface area contributed by atoms with Crippen LogP contribution in [-0.4, -0.2) is 72.0 Å². The van der Waals surface area contributed by atoms with Gasteiger partial charge >= 0.3 is 0 Å². The van der Waals surface area contributed by atoms with Gasteiger partial charge in [-0.1, -0.05) is 13.8 Å². The standard InChI is InChI=1S/C23H27N9O/c1-17(2)20-15-21(32-23(27-20)25-16-26-32)30-12-9-29(10-13-30)11-14-31-22(33)4-3-19(28-31)18-5-7-24-8-6-18/h3-8,15-17H,9-14H2,1-2H3. The molecule has 4 aromatic rings. The molecule has 5 rings (SSSR count). The fourth-order valence-corrected chi connectivity index (χ4v) is 4.06. The first-order valence-electron chi connectivity index (χ1n) is 11.2. The van der Waals surface area contributed by atoms with Crippen LogP contribution < -0.4 is 10.5 Å². The van der Waals surface area contributed by atoms with Crippen LogP contribution in [0.25, 0.3) is 17.0 Å². The van der Waals surface area contributed by atoms with Gasteiger partial charge in [0.25, 0.3) is 11.3 Å². The van der Waals surface area contributed by atoms with Gasteiger partial charge in [-0.3, -0.25) is 14.7 Å². The topological polar surface area (TPSA) is 97.3 Å². The molecule has 10 heteroatoms. The largest absolute Gasteiger partial charge is 0.354 e. The van der Waals surface area contributed by atoms with E-state index in [1.165, 1.54) is 0 Å². The third kappa shape index (κ3) is 4.47. The van der Waals surface area contributed by atoms with Gasteiger partial charge in [0.2, 0.25) is 0 Å². The molecule has 0 radical (unpaired) electrons. The van der Waals surface area contributed by atoms with Crippen molar-refractivity contribution >= 4 is 11.6 Å². The zero-order valence-electron chi connectivity index (χ0n) is 18.9. The molecule has 170 valence electrons. The van der Waals surface area contributed by atoms with Crippen LogP contribution in [0, 0.1) is 0 Å². The summed E-state index contributed by atoms with van der Waals surface area (Å²) >= 11 is 0. The molecular formula is C23H27N9O. The Kier molecular flexibility index (Phi) is 5.82. The highest BCUT2D eigenvalue weighted by molar-refractivity contribution is 5.57. The van der Waals surface area contributed by atoms with Gasteiger partial charge in [0, 0.05) is 62.8 Å². The Morgan fingerprint density at radius 2 is 1.79 bits per heavy atom. The van der Waals surface area contributed by atoms with Crippen LogP contribution in [0.3, 0.4) is 0 Å². The van der Waals surface area contributed by atoms with E-state index >= 15 is 0 Å². The minimum Gasteiger partial charge on any atom is -0.354 e. The number of pyridine rings is 1. The molecule has 0 amide bonds. The molecule has 0 spiro atoms. The summed E-state index contributed by atoms with van der Waals surface area (Å²) in [7, 11) is 0. The molecule has 10 nitrogen and oxygen atoms in total. The summed E-state index contributed by atoms with van der Waals surface area (Å²) in [6.07, 6.45) is 5.01. The maximum absolute atomic E-state index is 12.3. The number of fused-ring (bicyclic) bond motifs is 1. The van der Waals surface area contributed by atoms with Gasteiger partial charge in [-0.2, -0.15) is 19.7 Å². The zero-order valence-corrected chi connectivity index (χ0v) is 18.9. The van der Waals surface area contributed by atoms with E-state index in [0.717, 1.165) is 55.5 Å². The Morgan fingerprint density at radius 3 is 2.55 bits per heavy atom. The van der Waals surface area contributed by atoms with Gasteiger partial charge in [0.1, 0.15) is 12.1 Å². The molecule has 0 unspecified atom stereocenters. The number of rotatable bonds is 6. The number of piperazine rings is 1. The second-order valence-electron chi connectivity index (χ2n) is 8.51. The highest BCUT2D eigenvalue weighted by Gasteiger charge is 2.21. The number of hydrogen-bond donors (Lipinski definition) is 0. The van der Waals surface area contributed by atoms with Crippen molar-refractivity contribution in [2.24, 2.45) is 0 Å². The van der Waals surface area contributed by atoms with Crippen LogP contribution in [0.5, 0.6) is 0 Å². The van der Waals surface area contributed by atoms with E-state index in [0.29, 0.717) is 18.2 Å². The molecule has 4 aromatic heterocycles. The van der Waals surface area contributed by atoms with Crippen LogP contribution in [0.15, 0.2) is 53.8 Å². The lowest BCUT2D eigenvalue weighted by atomic mass is 10.1. The van der Waals surface area contributed by atoms with Gasteiger partial charge < -0.3 is 4.90 Å². The van der Waals surface area contributed by atoms with Crippen molar-refractivity contribution in [3.8, 4) is 11.3 Å². The van der Waals surface area contributed by atoms with Gasteiger partial charge in [-0.15, -0.1) is 0 Å². The predicted octanol–water partition coefficient (Wildman–Crippen LogP) is 1.69. The molecule has 1 fully saturated rings. The molecule has 33 heavy (non-hydrogen) atoms. The fourth-order valence-electron chi connectivity index (χ4n) is 4.06. The normalized spacial score (nSPS) is 14.9. The number of anilines is 1. The van der Waals surface area contributed by atoms with E-state index in [1.54, 1.807) is 35.5 Å². The second kappa shape index (κ2) is 9.07. The lowest BCUT2D eigenvalue weighted by Gasteiger charge is -2.36. The molecule has 0 saturated carbocycles. The van der Waals surface area contributed by atoms with E-state index in [9.17, 15) is 4.79 Å². The Bertz CT molecular complexity index is 1290. The van der Waals surface area contributed by atoms with Crippen LogP contribution in [0.4, 0.5) is 5.82 Å². The molecular weight excluding hydrogens is 418 g/mol. The predicted molar refractivity (Wildman–Crippen MR) is 125 cm³/mol. The first kappa shape index (κ1) is 21.2. The maximum atomic E-state index is 12.3. The van der Waals surface area contributed by atoms with Crippen molar-refractivity contribution < 1.29 is 0 Å². The van der Waals surface area contributed by atoms with Crippen LogP contribution >= 0.6 is 0 Å². The second-order valence-corrected chi connectivity index (χ2v) is 8.51. The van der Waals surface area contributed by atoms with E-state index in [-0.39, 0.29) is 5.56 Å². The first-order valence-corrected chi connectivity index (χ1v) is 11.2. The Hall–Kier alpha value is -3.66. The molecule has 0 aromatic carbocycles. The molecule has 1 aliphatic rings. The average Bonchev–Trinajstić information content (AvgIpc) is 3.33. The van der Waals surface area contributed by atoms with E-state index < -0.39 is 0 Å². The van der Waals surface area contributed by atoms with Gasteiger partial charge in [-0.25, -0.2) is 9.67 Å². The third-order valence-corrected chi connectivity index (χ3v) is 6.01. The highest BCUT2D eigenvalue weighted by atomic mass is 16.1. The van der Waals surface area contributed by atoms with E-state index in [1.807, 2.05) is 16.6 Å². The van der Waals surface area contributed by atoms with Crippen molar-refractivity contribution in [1.29, 1.82) is 0 Å². The number of nitrogens with zero attached hydrogens (tertiary/aromatic N) is 9. The van der Waals surface area contributed by atoms with Crippen molar-refractivity contribution in [3.63, 3.8) is 0 Å². The third-order valence-electron chi connectivity index (χ3n) is 6.01. The summed E-state index contributed by atoms with van der Waals surface area (Å²) in [5, 5.41) is 8.93. The van der Waals surface area contributed by atoms with Crippen LogP contribution in [-0.2, 0) is 6.54 Å². The molecule has 0 bridgehead atoms. The van der Waals surface area contributed by atoms with Crippen molar-refractivity contribution in [2.45, 2.75) is 26.3 Å². The smallest absolute Gasteiger partial charge is 0.266 e. The van der Waals surface area contributed by atoms with Crippen molar-refractivity contribution in [1.82, 2.24) is 39.2 Å². The number of hydrogen-bond acceptors (Lipinski definition) is 8. The van der Waals surface area contributed by atoms with Crippen LogP contribution in [0.1, 0.15) is 25.5 Å². The summed E-state index contributed by atoms with van der Waals surface area (Å²) in [6.45, 7) is 9.13. The van der Waals surface area contributed by atoms with Gasteiger partial charge in [0.05, 0.1) is 17.9 Å². The summed E-state index contributed by atoms with van der Waals surface area (Å²) in [5.41, 5.74) is 2.66. The monoisotopic (exact) mass is 445 g/mol. The average molecular weight is 446 g/mol. The fraction of sp³-hybridized carbons (Fsp3) is 0.391. The molecule has 1 saturated heterocycles. The minimum atomic E-state index is -0.0852. The molecule has 0 atom stereocenters. The Labute approximate surface area is 191 Å². The lowest BCUT2D eigenvalue weighted by Crippen LogP contribution is -2.48. The van der Waals surface area contributed by atoms with E-state index in [4.69, 9.17) is 0 Å². The molecule has 0 N–H and O–H groups in total. The summed E-state index contributed by atoms with van der Waals surface area (Å²) in [6, 6.07) is 9.26. The lowest BCUT2D eigenvalue weighted by molar-refractivity contribution is 0.242. The highest BCUT2D eigenvalue weighted by Crippen LogP contribution is 2.22. The quantitative estimate of drug-likeness (QED) is 0.442. The molecule has 1 aliphatic heterocycles. The minimum absolute atomic E-state index is 0.0852. The Morgan fingerprint density at radius 1 is 1.00 bits per heavy atom. The van der Waals surface area contributed by atoms with Crippen molar-refractivity contribution in [3.05, 3.63) is 65.1 Å². The Balaban J connectivity index is 1.25. The maximum Gasteiger partial charge on any atom is 0.266 e. The first-order chi connectivity index (χ1) is 16.1. The van der Waals surface area contributed by atoms with Gasteiger partial charge in [-0.05, 0) is 24.1 Å². The summed E-state index contributed by atoms with van der Waals surface area (Å²) in [4.78, 5) is 30.0. The van der Waals surface area contributed by atoms with Crippen LogP contribution in [0.2, 0.25) is 0 Å². The molecule has 0 aliphatic carbocycles. The number of aromatic nitrogens is 7. The summed E-state index contributed by atoms with van der Waals surface area (Å²) in [5.74, 6) is 1.99.